The molecule has 0 saturated carbocycles. The molecule has 4 nitrogen and oxygen atoms in total. The highest BCUT2D eigenvalue weighted by Crippen LogP contribution is 2.23. The molecule has 0 saturated heterocycles. The van der Waals surface area contributed by atoms with Crippen LogP contribution in [0.2, 0.25) is 0 Å². The molecular formula is C14H18N2O2S. The number of aliphatic hydroxyl groups is 1. The van der Waals surface area contributed by atoms with E-state index in [2.05, 4.69) is 9.97 Å². The minimum Gasteiger partial charge on any atom is -0.489 e. The van der Waals surface area contributed by atoms with Gasteiger partial charge in [0, 0.05) is 29.3 Å². The van der Waals surface area contributed by atoms with E-state index in [0.29, 0.717) is 12.2 Å². The Kier molecular flexibility index (Phi) is 4.50. The number of aromatic nitrogens is 2. The molecule has 0 bridgehead atoms. The van der Waals surface area contributed by atoms with Gasteiger partial charge in [0.15, 0.2) is 0 Å². The Labute approximate surface area is 117 Å². The minimum absolute atomic E-state index is 0.0933. The lowest BCUT2D eigenvalue weighted by Gasteiger charge is -2.13. The number of pyridine rings is 1. The van der Waals surface area contributed by atoms with E-state index in [1.54, 1.807) is 23.7 Å². The lowest BCUT2D eigenvalue weighted by atomic mass is 10.1. The zero-order valence-corrected chi connectivity index (χ0v) is 12.1. The van der Waals surface area contributed by atoms with Crippen LogP contribution < -0.4 is 4.74 Å². The third-order valence-electron chi connectivity index (χ3n) is 2.53. The van der Waals surface area contributed by atoms with Crippen LogP contribution in [0.3, 0.4) is 0 Å². The number of nitrogens with zero attached hydrogens (tertiary/aromatic N) is 2. The summed E-state index contributed by atoms with van der Waals surface area (Å²) in [5, 5.41) is 13.1. The number of rotatable bonds is 5. The van der Waals surface area contributed by atoms with Gasteiger partial charge in [0.05, 0.1) is 23.4 Å². The van der Waals surface area contributed by atoms with Gasteiger partial charge in [-0.25, -0.2) is 4.98 Å². The molecule has 0 aliphatic carbocycles. The molecule has 0 amide bonds. The smallest absolute Gasteiger partial charge is 0.138 e. The van der Waals surface area contributed by atoms with Gasteiger partial charge in [0.2, 0.25) is 0 Å². The molecule has 2 aromatic rings. The zero-order valence-electron chi connectivity index (χ0n) is 11.3. The van der Waals surface area contributed by atoms with Gasteiger partial charge in [-0.05, 0) is 26.8 Å². The van der Waals surface area contributed by atoms with Gasteiger partial charge in [-0.2, -0.15) is 0 Å². The Morgan fingerprint density at radius 3 is 2.79 bits per heavy atom. The molecule has 0 radical (unpaired) electrons. The lowest BCUT2D eigenvalue weighted by molar-refractivity contribution is 0.176. The normalized spacial score (nSPS) is 12.7. The van der Waals surface area contributed by atoms with E-state index in [1.165, 1.54) is 0 Å². The highest BCUT2D eigenvalue weighted by atomic mass is 32.1. The second kappa shape index (κ2) is 6.12. The van der Waals surface area contributed by atoms with Gasteiger partial charge in [0.1, 0.15) is 5.75 Å². The van der Waals surface area contributed by atoms with Crippen LogP contribution in [0, 0.1) is 6.92 Å². The van der Waals surface area contributed by atoms with Gasteiger partial charge in [-0.15, -0.1) is 11.3 Å². The van der Waals surface area contributed by atoms with Crippen molar-refractivity contribution in [3.63, 3.8) is 0 Å². The van der Waals surface area contributed by atoms with Crippen LogP contribution in [-0.4, -0.2) is 21.2 Å². The van der Waals surface area contributed by atoms with E-state index >= 15 is 0 Å². The van der Waals surface area contributed by atoms with Crippen molar-refractivity contribution in [2.45, 2.75) is 39.4 Å². The topological polar surface area (TPSA) is 55.2 Å². The maximum atomic E-state index is 10.2. The molecule has 102 valence electrons. The summed E-state index contributed by atoms with van der Waals surface area (Å²) in [6.45, 7) is 5.87. The highest BCUT2D eigenvalue weighted by molar-refractivity contribution is 7.09. The summed E-state index contributed by atoms with van der Waals surface area (Å²) in [5.74, 6) is 0.682. The van der Waals surface area contributed by atoms with E-state index in [1.807, 2.05) is 32.2 Å². The van der Waals surface area contributed by atoms with Crippen LogP contribution in [-0.2, 0) is 6.42 Å². The first kappa shape index (κ1) is 14.0. The van der Waals surface area contributed by atoms with Gasteiger partial charge >= 0.3 is 0 Å². The van der Waals surface area contributed by atoms with Crippen molar-refractivity contribution in [2.24, 2.45) is 0 Å². The van der Waals surface area contributed by atoms with E-state index in [9.17, 15) is 5.11 Å². The van der Waals surface area contributed by atoms with Crippen molar-refractivity contribution in [3.8, 4) is 5.75 Å². The maximum absolute atomic E-state index is 10.2. The Morgan fingerprint density at radius 2 is 2.16 bits per heavy atom. The molecule has 2 heterocycles. The predicted molar refractivity (Wildman–Crippen MR) is 75.5 cm³/mol. The van der Waals surface area contributed by atoms with E-state index in [4.69, 9.17) is 4.74 Å². The largest absolute Gasteiger partial charge is 0.489 e. The molecule has 0 aliphatic heterocycles. The summed E-state index contributed by atoms with van der Waals surface area (Å²) < 4.78 is 5.57. The summed E-state index contributed by atoms with van der Waals surface area (Å²) >= 11 is 1.56. The first-order chi connectivity index (χ1) is 9.04. The first-order valence-electron chi connectivity index (χ1n) is 6.25. The molecule has 0 spiro atoms. The molecule has 1 N–H and O–H groups in total. The van der Waals surface area contributed by atoms with Crippen molar-refractivity contribution < 1.29 is 9.84 Å². The summed E-state index contributed by atoms with van der Waals surface area (Å²) in [7, 11) is 0. The Hall–Kier alpha value is -1.46. The molecule has 2 aromatic heterocycles. The van der Waals surface area contributed by atoms with Crippen molar-refractivity contribution in [3.05, 3.63) is 40.1 Å². The van der Waals surface area contributed by atoms with Crippen LogP contribution in [0.4, 0.5) is 0 Å². The van der Waals surface area contributed by atoms with Crippen LogP contribution in [0.5, 0.6) is 5.75 Å². The molecule has 19 heavy (non-hydrogen) atoms. The number of ether oxygens (including phenoxy) is 1. The molecule has 5 heteroatoms. The molecule has 0 aliphatic rings. The lowest BCUT2D eigenvalue weighted by Crippen LogP contribution is -2.07. The standard InChI is InChI=1S/C14H18N2O2S/c1-9(2)18-12-4-11(6-15-7-12)13(17)5-14-16-10(3)8-19-14/h4,6-9,13,17H,5H2,1-3H3. The predicted octanol–water partition coefficient (Wildman–Crippen LogP) is 2.91. The van der Waals surface area contributed by atoms with Gasteiger partial charge in [0.25, 0.3) is 0 Å². The maximum Gasteiger partial charge on any atom is 0.138 e. The quantitative estimate of drug-likeness (QED) is 0.913. The second-order valence-electron chi connectivity index (χ2n) is 4.72. The van der Waals surface area contributed by atoms with Crippen molar-refractivity contribution in [1.29, 1.82) is 0 Å². The number of hydrogen-bond acceptors (Lipinski definition) is 5. The fourth-order valence-electron chi connectivity index (χ4n) is 1.73. The molecular weight excluding hydrogens is 260 g/mol. The minimum atomic E-state index is -0.603. The van der Waals surface area contributed by atoms with E-state index in [0.717, 1.165) is 16.3 Å². The zero-order chi connectivity index (χ0) is 13.8. The highest BCUT2D eigenvalue weighted by Gasteiger charge is 2.12. The van der Waals surface area contributed by atoms with E-state index in [-0.39, 0.29) is 6.10 Å². The summed E-state index contributed by atoms with van der Waals surface area (Å²) in [5.41, 5.74) is 1.74. The molecule has 0 aromatic carbocycles. The molecule has 2 rings (SSSR count). The average molecular weight is 278 g/mol. The summed E-state index contributed by atoms with van der Waals surface area (Å²) in [6, 6.07) is 1.83. The Bertz CT molecular complexity index is 540. The van der Waals surface area contributed by atoms with Crippen LogP contribution in [0.15, 0.2) is 23.8 Å². The van der Waals surface area contributed by atoms with Crippen LogP contribution in [0.25, 0.3) is 0 Å². The van der Waals surface area contributed by atoms with Crippen molar-refractivity contribution >= 4 is 11.3 Å². The van der Waals surface area contributed by atoms with E-state index < -0.39 is 6.10 Å². The Balaban J connectivity index is 2.08. The first-order valence-corrected chi connectivity index (χ1v) is 7.13. The Morgan fingerprint density at radius 1 is 1.37 bits per heavy atom. The van der Waals surface area contributed by atoms with Crippen molar-refractivity contribution in [1.82, 2.24) is 9.97 Å². The van der Waals surface area contributed by atoms with Gasteiger partial charge in [-0.1, -0.05) is 0 Å². The van der Waals surface area contributed by atoms with Gasteiger partial charge in [-0.3, -0.25) is 4.98 Å². The SMILES string of the molecule is Cc1csc(CC(O)c2cncc(OC(C)C)c2)n1. The number of aliphatic hydroxyl groups excluding tert-OH is 1. The number of aryl methyl sites for hydroxylation is 1. The molecule has 1 unspecified atom stereocenters. The van der Waals surface area contributed by atoms with Gasteiger partial charge < -0.3 is 9.84 Å². The average Bonchev–Trinajstić information content (AvgIpc) is 2.74. The fourth-order valence-corrected chi connectivity index (χ4v) is 2.54. The van der Waals surface area contributed by atoms with Crippen LogP contribution in [0.1, 0.15) is 36.2 Å². The second-order valence-corrected chi connectivity index (χ2v) is 5.67. The third kappa shape index (κ3) is 4.01. The summed E-state index contributed by atoms with van der Waals surface area (Å²) in [4.78, 5) is 8.46. The summed E-state index contributed by atoms with van der Waals surface area (Å²) in [6.07, 6.45) is 3.32. The number of thiazole rings is 1. The van der Waals surface area contributed by atoms with Crippen LogP contribution >= 0.6 is 11.3 Å². The third-order valence-corrected chi connectivity index (χ3v) is 3.51. The fraction of sp³-hybridized carbons (Fsp3) is 0.429. The molecule has 0 fully saturated rings. The van der Waals surface area contributed by atoms with Crippen molar-refractivity contribution in [2.75, 3.05) is 0 Å². The molecule has 1 atom stereocenters. The monoisotopic (exact) mass is 278 g/mol. The number of hydrogen-bond donors (Lipinski definition) is 1.